The molecule has 1 saturated carbocycles. The first-order chi connectivity index (χ1) is 19.0. The molecule has 3 aromatic carbocycles. The van der Waals surface area contributed by atoms with Crippen LogP contribution in [-0.4, -0.2) is 15.5 Å². The minimum absolute atomic E-state index is 0.101. The molecule has 8 heteroatoms. The van der Waals surface area contributed by atoms with E-state index in [1.165, 1.54) is 35.2 Å². The summed E-state index contributed by atoms with van der Waals surface area (Å²) in [5, 5.41) is 0.717. The average Bonchev–Trinajstić information content (AvgIpc) is 3.64. The number of benzene rings is 3. The molecule has 0 aliphatic heterocycles. The summed E-state index contributed by atoms with van der Waals surface area (Å²) in [6.07, 6.45) is 7.56. The Balaban J connectivity index is 1.28. The van der Waals surface area contributed by atoms with Crippen molar-refractivity contribution >= 4 is 35.1 Å². The lowest BCUT2D eigenvalue weighted by atomic mass is 9.87. The van der Waals surface area contributed by atoms with Crippen LogP contribution in [0.25, 0.3) is 0 Å². The van der Waals surface area contributed by atoms with Gasteiger partial charge in [0.05, 0.1) is 6.54 Å². The van der Waals surface area contributed by atoms with Gasteiger partial charge < -0.3 is 9.47 Å². The Kier molecular flexibility index (Phi) is 7.47. The van der Waals surface area contributed by atoms with E-state index in [0.717, 1.165) is 52.7 Å². The topological polar surface area (TPSA) is 50.2 Å². The van der Waals surface area contributed by atoms with Crippen LogP contribution in [0, 0.1) is 11.7 Å². The number of anilines is 1. The number of nitrogens with one attached hydrogen (secondary N) is 1. The van der Waals surface area contributed by atoms with Gasteiger partial charge in [-0.25, -0.2) is 9.37 Å². The normalized spacial score (nSPS) is 19.9. The molecule has 2 aliphatic rings. The summed E-state index contributed by atoms with van der Waals surface area (Å²) in [4.78, 5) is 21.4. The third kappa shape index (κ3) is 5.62. The van der Waals surface area contributed by atoms with Crippen molar-refractivity contribution in [3.8, 4) is 0 Å². The van der Waals surface area contributed by atoms with E-state index >= 15 is 0 Å². The van der Waals surface area contributed by atoms with Crippen molar-refractivity contribution < 1.29 is 9.18 Å². The molecule has 1 aromatic heterocycles. The molecule has 1 amide bonds. The van der Waals surface area contributed by atoms with Crippen molar-refractivity contribution in [2.24, 2.45) is 13.0 Å². The fourth-order valence-electron chi connectivity index (χ4n) is 5.49. The predicted octanol–water partition coefficient (Wildman–Crippen LogP) is 7.22. The van der Waals surface area contributed by atoms with Crippen molar-refractivity contribution in [2.45, 2.75) is 49.1 Å². The fraction of sp³-hybridized carbons (Fsp3) is 0.290. The van der Waals surface area contributed by atoms with E-state index in [1.807, 2.05) is 47.0 Å². The van der Waals surface area contributed by atoms with Crippen LogP contribution < -0.4 is 9.62 Å². The van der Waals surface area contributed by atoms with Gasteiger partial charge in [-0.3, -0.25) is 9.52 Å². The molecule has 6 rings (SSSR count). The molecule has 1 heterocycles. The minimum Gasteiger partial charge on any atom is -0.337 e. The van der Waals surface area contributed by atoms with Gasteiger partial charge in [-0.05, 0) is 103 Å². The number of hydrogen-bond donors (Lipinski definition) is 1. The summed E-state index contributed by atoms with van der Waals surface area (Å²) in [5.74, 6) is 0.719. The number of hydrogen-bond acceptors (Lipinski definition) is 4. The van der Waals surface area contributed by atoms with Gasteiger partial charge in [0.15, 0.2) is 0 Å². The van der Waals surface area contributed by atoms with Crippen molar-refractivity contribution in [3.05, 3.63) is 112 Å². The van der Waals surface area contributed by atoms with E-state index < -0.39 is 0 Å². The lowest BCUT2D eigenvalue weighted by molar-refractivity contribution is -0.120. The van der Waals surface area contributed by atoms with E-state index in [4.69, 9.17) is 11.6 Å². The van der Waals surface area contributed by atoms with Crippen LogP contribution in [0.5, 0.6) is 0 Å². The Morgan fingerprint density at radius 2 is 1.97 bits per heavy atom. The number of fused-ring (bicyclic) bond motifs is 1. The SMILES string of the molecule is Cn1ccnc1CN(C(=O)[C@H]1C[C@@H]1c1ccccc1Cl)c1ccc2c(c1)C(NSc1ccc(F)cc1)CCC2. The Morgan fingerprint density at radius 1 is 1.15 bits per heavy atom. The number of rotatable bonds is 8. The highest BCUT2D eigenvalue weighted by Gasteiger charge is 2.47. The number of aromatic nitrogens is 2. The molecule has 39 heavy (non-hydrogen) atoms. The number of amides is 1. The highest BCUT2D eigenvalue weighted by molar-refractivity contribution is 7.97. The molecule has 1 N–H and O–H groups in total. The second-order valence-corrected chi connectivity index (χ2v) is 11.7. The van der Waals surface area contributed by atoms with Gasteiger partial charge in [0.1, 0.15) is 11.6 Å². The molecule has 5 nitrogen and oxygen atoms in total. The van der Waals surface area contributed by atoms with Crippen LogP contribution in [0.15, 0.2) is 84.0 Å². The molecule has 200 valence electrons. The van der Waals surface area contributed by atoms with E-state index in [-0.39, 0.29) is 29.6 Å². The number of carbonyl (C=O) groups excluding carboxylic acids is 1. The van der Waals surface area contributed by atoms with E-state index in [0.29, 0.717) is 6.54 Å². The summed E-state index contributed by atoms with van der Waals surface area (Å²) in [6, 6.07) is 20.9. The first-order valence-corrected chi connectivity index (χ1v) is 14.5. The minimum atomic E-state index is -0.239. The monoisotopic (exact) mass is 560 g/mol. The van der Waals surface area contributed by atoms with Crippen LogP contribution in [0.3, 0.4) is 0 Å². The molecule has 1 fully saturated rings. The molecule has 1 unspecified atom stereocenters. The lowest BCUT2D eigenvalue weighted by Gasteiger charge is -2.29. The van der Waals surface area contributed by atoms with Crippen LogP contribution >= 0.6 is 23.5 Å². The Bertz CT molecular complexity index is 1490. The first-order valence-electron chi connectivity index (χ1n) is 13.3. The molecular weight excluding hydrogens is 531 g/mol. The maximum absolute atomic E-state index is 14.0. The van der Waals surface area contributed by atoms with E-state index in [9.17, 15) is 9.18 Å². The fourth-order valence-corrected chi connectivity index (χ4v) is 6.56. The summed E-state index contributed by atoms with van der Waals surface area (Å²) in [6.45, 7) is 0.398. The zero-order chi connectivity index (χ0) is 26.9. The second kappa shape index (κ2) is 11.2. The second-order valence-electron chi connectivity index (χ2n) is 10.4. The quantitative estimate of drug-likeness (QED) is 0.231. The van der Waals surface area contributed by atoms with Crippen molar-refractivity contribution in [2.75, 3.05) is 4.90 Å². The third-order valence-corrected chi connectivity index (χ3v) is 9.04. The van der Waals surface area contributed by atoms with E-state index in [2.05, 4.69) is 27.9 Å². The predicted molar refractivity (Wildman–Crippen MR) is 154 cm³/mol. The van der Waals surface area contributed by atoms with Gasteiger partial charge in [0, 0.05) is 47.0 Å². The molecule has 3 atom stereocenters. The Labute approximate surface area is 237 Å². The van der Waals surface area contributed by atoms with Crippen LogP contribution in [0.4, 0.5) is 10.1 Å². The molecule has 0 bridgehead atoms. The largest absolute Gasteiger partial charge is 0.337 e. The van der Waals surface area contributed by atoms with E-state index in [1.54, 1.807) is 18.3 Å². The Hall–Kier alpha value is -3.13. The number of carbonyl (C=O) groups is 1. The van der Waals surface area contributed by atoms with Crippen LogP contribution in [0.1, 0.15) is 53.7 Å². The summed E-state index contributed by atoms with van der Waals surface area (Å²) >= 11 is 7.99. The summed E-state index contributed by atoms with van der Waals surface area (Å²) in [7, 11) is 1.95. The summed E-state index contributed by atoms with van der Waals surface area (Å²) in [5.41, 5.74) is 4.44. The van der Waals surface area contributed by atoms with Crippen molar-refractivity contribution in [1.29, 1.82) is 0 Å². The van der Waals surface area contributed by atoms with Gasteiger partial charge in [0.25, 0.3) is 0 Å². The molecule has 2 aliphatic carbocycles. The smallest absolute Gasteiger partial charge is 0.231 e. The zero-order valence-electron chi connectivity index (χ0n) is 21.7. The number of halogens is 2. The zero-order valence-corrected chi connectivity index (χ0v) is 23.3. The maximum atomic E-state index is 14.0. The number of imidazole rings is 1. The molecule has 4 aromatic rings. The Morgan fingerprint density at radius 3 is 2.74 bits per heavy atom. The molecule has 0 saturated heterocycles. The maximum Gasteiger partial charge on any atom is 0.231 e. The third-order valence-electron chi connectivity index (χ3n) is 7.79. The molecule has 0 radical (unpaired) electrons. The molecular formula is C31H30ClFN4OS. The summed E-state index contributed by atoms with van der Waals surface area (Å²) < 4.78 is 18.9. The van der Waals surface area contributed by atoms with Gasteiger partial charge in [-0.15, -0.1) is 0 Å². The van der Waals surface area contributed by atoms with Crippen LogP contribution in [0.2, 0.25) is 5.02 Å². The van der Waals surface area contributed by atoms with Crippen molar-refractivity contribution in [1.82, 2.24) is 14.3 Å². The first kappa shape index (κ1) is 26.1. The standard InChI is InChI=1S/C31H30ClFN4OS/c1-36-16-15-34-30(36)19-37(31(38)27-18-26(27)24-6-2-3-7-28(24)32)22-12-9-20-5-4-8-29(25(20)17-22)35-39-23-13-10-21(33)11-14-23/h2-3,6-7,9-17,26-27,29,35H,4-5,8,18-19H2,1H3/t26-,27+,29?/m1/s1. The average molecular weight is 561 g/mol. The van der Waals surface area contributed by atoms with Gasteiger partial charge in [0.2, 0.25) is 5.91 Å². The highest BCUT2D eigenvalue weighted by Crippen LogP contribution is 2.51. The number of aryl methyl sites for hydroxylation is 2. The highest BCUT2D eigenvalue weighted by atomic mass is 35.5. The van der Waals surface area contributed by atoms with Gasteiger partial charge in [-0.1, -0.05) is 35.9 Å². The van der Waals surface area contributed by atoms with Gasteiger partial charge >= 0.3 is 0 Å². The molecule has 0 spiro atoms. The number of nitrogens with zero attached hydrogens (tertiary/aromatic N) is 3. The van der Waals surface area contributed by atoms with Crippen molar-refractivity contribution in [3.63, 3.8) is 0 Å². The van der Waals surface area contributed by atoms with Crippen LogP contribution in [-0.2, 0) is 24.8 Å². The lowest BCUT2D eigenvalue weighted by Crippen LogP contribution is -2.33. The van der Waals surface area contributed by atoms with Gasteiger partial charge in [-0.2, -0.15) is 0 Å².